The predicted octanol–water partition coefficient (Wildman–Crippen LogP) is -1.32. The van der Waals surface area contributed by atoms with E-state index in [1.807, 2.05) is 0 Å². The van der Waals surface area contributed by atoms with E-state index in [1.165, 1.54) is 7.11 Å². The number of carbonyl (C=O) groups excluding carboxylic acids is 1. The highest BCUT2D eigenvalue weighted by molar-refractivity contribution is 5.56. The summed E-state index contributed by atoms with van der Waals surface area (Å²) >= 11 is 0. The Hall–Kier alpha value is -1.14. The Bertz CT molecular complexity index is 126. The standard InChI is InChI=1S/C4H10N4O2/c1-5-7-8(6-2)4(9)10-3/h6,8H,1H2,2-3H3. The van der Waals surface area contributed by atoms with E-state index in [2.05, 4.69) is 27.5 Å². The predicted molar refractivity (Wildman–Crippen MR) is 35.3 cm³/mol. The normalized spacial score (nSPS) is 11.8. The molecule has 0 saturated heterocycles. The van der Waals surface area contributed by atoms with Crippen molar-refractivity contribution in [2.45, 2.75) is 0 Å². The van der Waals surface area contributed by atoms with Crippen molar-refractivity contribution < 1.29 is 14.6 Å². The molecule has 58 valence electrons. The monoisotopic (exact) mass is 146 g/mol. The molecule has 0 spiro atoms. The lowest BCUT2D eigenvalue weighted by atomic mass is 11.1. The van der Waals surface area contributed by atoms with Crippen molar-refractivity contribution in [3.8, 4) is 0 Å². The molecule has 0 saturated carbocycles. The second kappa shape index (κ2) is 4.71. The second-order valence-corrected chi connectivity index (χ2v) is 1.33. The molecule has 1 amide bonds. The number of carbonyl (C=O) groups is 1. The summed E-state index contributed by atoms with van der Waals surface area (Å²) < 4.78 is 4.34. The molecule has 6 nitrogen and oxygen atoms in total. The van der Waals surface area contributed by atoms with Crippen molar-refractivity contribution in [1.29, 1.82) is 0 Å². The van der Waals surface area contributed by atoms with Gasteiger partial charge < -0.3 is 15.4 Å². The van der Waals surface area contributed by atoms with Crippen molar-refractivity contribution in [2.24, 2.45) is 5.10 Å². The van der Waals surface area contributed by atoms with Crippen LogP contribution in [0.5, 0.6) is 0 Å². The van der Waals surface area contributed by atoms with Crippen molar-refractivity contribution in [1.82, 2.24) is 5.43 Å². The van der Waals surface area contributed by atoms with Gasteiger partial charge in [0.15, 0.2) is 0 Å². The van der Waals surface area contributed by atoms with Gasteiger partial charge in [-0.25, -0.2) is 0 Å². The Morgan fingerprint density at radius 2 is 2.50 bits per heavy atom. The van der Waals surface area contributed by atoms with Crippen molar-refractivity contribution >= 4 is 12.8 Å². The van der Waals surface area contributed by atoms with Crippen molar-refractivity contribution in [3.05, 3.63) is 5.53 Å². The first kappa shape index (κ1) is 8.86. The molecule has 0 radical (unpaired) electrons. The quantitative estimate of drug-likeness (QED) is 0.383. The summed E-state index contributed by atoms with van der Waals surface area (Å²) in [5.74, 6) is 0. The van der Waals surface area contributed by atoms with Crippen LogP contribution in [0.4, 0.5) is 4.79 Å². The number of hydrogen-bond donors (Lipinski definition) is 2. The molecule has 0 aliphatic rings. The van der Waals surface area contributed by atoms with Crippen LogP contribution in [0.3, 0.4) is 0 Å². The van der Waals surface area contributed by atoms with Crippen LogP contribution in [0.25, 0.3) is 5.53 Å². The van der Waals surface area contributed by atoms with Crippen LogP contribution in [-0.4, -0.2) is 27.0 Å². The fourth-order valence-electron chi connectivity index (χ4n) is 0.360. The van der Waals surface area contributed by atoms with E-state index in [1.54, 1.807) is 7.05 Å². The van der Waals surface area contributed by atoms with Crippen molar-refractivity contribution in [2.75, 3.05) is 14.2 Å². The molecule has 10 heavy (non-hydrogen) atoms. The molecule has 0 aliphatic heterocycles. The Balaban J connectivity index is 3.79. The summed E-state index contributed by atoms with van der Waals surface area (Å²) in [4.78, 5) is 10.6. The molecular weight excluding hydrogens is 136 g/mol. The molecule has 1 atom stereocenters. The third kappa shape index (κ3) is 2.42. The average molecular weight is 146 g/mol. The Morgan fingerprint density at radius 3 is 2.80 bits per heavy atom. The SMILES string of the molecule is C=N[N-][NH+](NC)C(=O)OC. The molecule has 0 bridgehead atoms. The first-order valence-electron chi connectivity index (χ1n) is 2.56. The molecule has 0 aromatic rings. The van der Waals surface area contributed by atoms with E-state index in [0.717, 1.165) is 0 Å². The number of methoxy groups -OCH3 is 1. The van der Waals surface area contributed by atoms with Gasteiger partial charge >= 0.3 is 6.09 Å². The van der Waals surface area contributed by atoms with E-state index in [9.17, 15) is 4.79 Å². The summed E-state index contributed by atoms with van der Waals surface area (Å²) in [6.07, 6.45) is -0.560. The van der Waals surface area contributed by atoms with Gasteiger partial charge in [0.2, 0.25) is 0 Å². The van der Waals surface area contributed by atoms with Crippen LogP contribution in [0.15, 0.2) is 5.10 Å². The minimum Gasteiger partial charge on any atom is -0.422 e. The van der Waals surface area contributed by atoms with Gasteiger partial charge in [0.1, 0.15) is 0 Å². The maximum atomic E-state index is 10.6. The van der Waals surface area contributed by atoms with E-state index >= 15 is 0 Å². The molecular formula is C4H10N4O2. The van der Waals surface area contributed by atoms with Gasteiger partial charge in [-0.15, -0.1) is 0 Å². The first-order valence-corrected chi connectivity index (χ1v) is 2.56. The lowest BCUT2D eigenvalue weighted by Crippen LogP contribution is -3.16. The second-order valence-electron chi connectivity index (χ2n) is 1.33. The van der Waals surface area contributed by atoms with Gasteiger partial charge in [0.25, 0.3) is 0 Å². The topological polar surface area (TPSA) is 69.2 Å². The van der Waals surface area contributed by atoms with Gasteiger partial charge in [-0.3, -0.25) is 0 Å². The maximum absolute atomic E-state index is 10.6. The highest BCUT2D eigenvalue weighted by atomic mass is 16.6. The number of nitrogens with one attached hydrogen (secondary N) is 2. The summed E-state index contributed by atoms with van der Waals surface area (Å²) in [6.45, 7) is 3.08. The number of ether oxygens (including phenoxy) is 1. The smallest absolute Gasteiger partial charge is 0.422 e. The van der Waals surface area contributed by atoms with Gasteiger partial charge in [0.05, 0.1) is 7.11 Å². The molecule has 2 N–H and O–H groups in total. The summed E-state index contributed by atoms with van der Waals surface area (Å²) in [5, 5.41) is 3.19. The molecule has 0 rings (SSSR count). The highest BCUT2D eigenvalue weighted by Gasteiger charge is 2.09. The van der Waals surface area contributed by atoms with E-state index < -0.39 is 6.09 Å². The molecule has 0 aliphatic carbocycles. The number of hydrogen-bond acceptors (Lipinski definition) is 4. The lowest BCUT2D eigenvalue weighted by molar-refractivity contribution is -0.832. The van der Waals surface area contributed by atoms with E-state index in [-0.39, 0.29) is 5.12 Å². The Labute approximate surface area is 58.8 Å². The third-order valence-corrected chi connectivity index (χ3v) is 0.786. The number of nitrogens with zero attached hydrogens (tertiary/aromatic N) is 2. The van der Waals surface area contributed by atoms with Crippen LogP contribution in [0, 0.1) is 0 Å². The van der Waals surface area contributed by atoms with E-state index in [0.29, 0.717) is 0 Å². The average Bonchev–Trinajstić information content (AvgIpc) is 1.99. The minimum atomic E-state index is -0.560. The van der Waals surface area contributed by atoms with Crippen LogP contribution < -0.4 is 10.5 Å². The summed E-state index contributed by atoms with van der Waals surface area (Å²) in [6, 6.07) is 0. The fourth-order valence-corrected chi connectivity index (χ4v) is 0.360. The highest BCUT2D eigenvalue weighted by Crippen LogP contribution is 1.69. The number of quaternary nitrogens is 1. The molecule has 1 unspecified atom stereocenters. The molecule has 0 aromatic heterocycles. The van der Waals surface area contributed by atoms with Gasteiger partial charge in [-0.1, -0.05) is 0 Å². The zero-order valence-electron chi connectivity index (χ0n) is 5.92. The van der Waals surface area contributed by atoms with Gasteiger partial charge in [-0.2, -0.15) is 15.3 Å². The number of amides is 1. The largest absolute Gasteiger partial charge is 0.529 e. The summed E-state index contributed by atoms with van der Waals surface area (Å²) in [5.41, 5.74) is 5.85. The van der Waals surface area contributed by atoms with Gasteiger partial charge in [0, 0.05) is 7.05 Å². The summed E-state index contributed by atoms with van der Waals surface area (Å²) in [7, 11) is 2.80. The van der Waals surface area contributed by atoms with Crippen LogP contribution in [-0.2, 0) is 4.74 Å². The molecule has 0 heterocycles. The molecule has 0 fully saturated rings. The van der Waals surface area contributed by atoms with Crippen molar-refractivity contribution in [3.63, 3.8) is 0 Å². The fraction of sp³-hybridized carbons (Fsp3) is 0.500. The third-order valence-electron chi connectivity index (χ3n) is 0.786. The first-order chi connectivity index (χ1) is 4.76. The number of rotatable bonds is 3. The minimum absolute atomic E-state index is 0.0394. The lowest BCUT2D eigenvalue weighted by Gasteiger charge is -2.20. The molecule has 0 aromatic carbocycles. The molecule has 6 heteroatoms. The van der Waals surface area contributed by atoms with E-state index in [4.69, 9.17) is 0 Å². The van der Waals surface area contributed by atoms with Crippen LogP contribution in [0.1, 0.15) is 0 Å². The Kier molecular flexibility index (Phi) is 4.17. The maximum Gasteiger partial charge on any atom is 0.529 e. The van der Waals surface area contributed by atoms with Crippen LogP contribution >= 0.6 is 0 Å². The Morgan fingerprint density at radius 1 is 1.90 bits per heavy atom. The van der Waals surface area contributed by atoms with Gasteiger partial charge in [-0.05, 0) is 6.72 Å². The zero-order valence-corrected chi connectivity index (χ0v) is 5.92. The van der Waals surface area contributed by atoms with Crippen LogP contribution in [0.2, 0.25) is 0 Å². The zero-order chi connectivity index (χ0) is 7.98.